The zero-order valence-corrected chi connectivity index (χ0v) is 15.9. The second-order valence-electron chi connectivity index (χ2n) is 6.60. The number of Topliss-reactive ketones (excluding diaryl/α,β-unsaturated/α-hetero) is 2. The molecule has 26 heavy (non-hydrogen) atoms. The van der Waals surface area contributed by atoms with Crippen LogP contribution >= 0.6 is 0 Å². The minimum absolute atomic E-state index is 0.0938. The molecule has 0 aliphatic carbocycles. The third kappa shape index (κ3) is 5.80. The summed E-state index contributed by atoms with van der Waals surface area (Å²) >= 11 is 0. The van der Waals surface area contributed by atoms with Crippen molar-refractivity contribution in [3.05, 3.63) is 89.4 Å². The first-order valence-electron chi connectivity index (χ1n) is 9.20. The standard InChI is InChI=1S/C24H27O2/c1-4-5-8-23(24-16-14-22(15-17-24)19(3)26)9-6-7-20-10-12-21(13-11-20)18(2)25/h5-6,9-17,23H,4,7-8H2,1-3H3. The van der Waals surface area contributed by atoms with Crippen LogP contribution in [0.25, 0.3) is 0 Å². The lowest BCUT2D eigenvalue weighted by Gasteiger charge is -2.13. The van der Waals surface area contributed by atoms with E-state index in [4.69, 9.17) is 0 Å². The van der Waals surface area contributed by atoms with Crippen molar-refractivity contribution in [2.24, 2.45) is 0 Å². The van der Waals surface area contributed by atoms with E-state index in [-0.39, 0.29) is 11.6 Å². The van der Waals surface area contributed by atoms with Gasteiger partial charge in [-0.15, -0.1) is 0 Å². The molecule has 1 unspecified atom stereocenters. The number of ketones is 2. The molecule has 0 aromatic heterocycles. The average molecular weight is 347 g/mol. The molecule has 0 bridgehead atoms. The van der Waals surface area contributed by atoms with Crippen molar-refractivity contribution in [3.8, 4) is 0 Å². The molecule has 1 radical (unpaired) electrons. The zero-order valence-electron chi connectivity index (χ0n) is 15.9. The van der Waals surface area contributed by atoms with Gasteiger partial charge in [-0.25, -0.2) is 0 Å². The quantitative estimate of drug-likeness (QED) is 0.413. The van der Waals surface area contributed by atoms with E-state index in [1.54, 1.807) is 13.8 Å². The molecule has 2 aromatic carbocycles. The predicted molar refractivity (Wildman–Crippen MR) is 108 cm³/mol. The van der Waals surface area contributed by atoms with Gasteiger partial charge in [-0.3, -0.25) is 9.59 Å². The zero-order chi connectivity index (χ0) is 18.9. The molecule has 2 heteroatoms. The molecular weight excluding hydrogens is 320 g/mol. The highest BCUT2D eigenvalue weighted by Gasteiger charge is 2.09. The van der Waals surface area contributed by atoms with Gasteiger partial charge < -0.3 is 0 Å². The lowest BCUT2D eigenvalue weighted by Crippen LogP contribution is -1.98. The maximum absolute atomic E-state index is 11.5. The lowest BCUT2D eigenvalue weighted by molar-refractivity contribution is 0.100. The van der Waals surface area contributed by atoms with E-state index >= 15 is 0 Å². The van der Waals surface area contributed by atoms with Gasteiger partial charge in [-0.2, -0.15) is 0 Å². The molecule has 2 aromatic rings. The smallest absolute Gasteiger partial charge is 0.159 e. The van der Waals surface area contributed by atoms with Crippen LogP contribution < -0.4 is 0 Å². The maximum Gasteiger partial charge on any atom is 0.159 e. The Balaban J connectivity index is 2.07. The second kappa shape index (κ2) is 9.86. The van der Waals surface area contributed by atoms with E-state index in [1.807, 2.05) is 36.4 Å². The fraction of sp³-hybridized carbons (Fsp3) is 0.292. The Bertz CT molecular complexity index is 752. The summed E-state index contributed by atoms with van der Waals surface area (Å²) in [5.41, 5.74) is 3.92. The van der Waals surface area contributed by atoms with Crippen LogP contribution in [0, 0.1) is 6.42 Å². The van der Waals surface area contributed by atoms with Crippen molar-refractivity contribution in [2.45, 2.75) is 46.0 Å². The number of carbonyl (C=O) groups excluding carboxylic acids is 2. The Morgan fingerprint density at radius 1 is 0.885 bits per heavy atom. The van der Waals surface area contributed by atoms with Gasteiger partial charge in [0.05, 0.1) is 0 Å². The largest absolute Gasteiger partial charge is 0.295 e. The van der Waals surface area contributed by atoms with Gasteiger partial charge in [0.1, 0.15) is 0 Å². The molecule has 0 saturated heterocycles. The second-order valence-corrected chi connectivity index (χ2v) is 6.60. The first-order valence-corrected chi connectivity index (χ1v) is 9.20. The molecule has 0 aliphatic rings. The summed E-state index contributed by atoms with van der Waals surface area (Å²) in [5.74, 6) is 0.501. The molecule has 0 saturated carbocycles. The molecule has 0 fully saturated rings. The number of allylic oxidation sites excluding steroid dienone is 2. The molecule has 135 valence electrons. The molecule has 0 N–H and O–H groups in total. The highest BCUT2D eigenvalue weighted by molar-refractivity contribution is 5.94. The van der Waals surface area contributed by atoms with Gasteiger partial charge in [0.25, 0.3) is 0 Å². The minimum Gasteiger partial charge on any atom is -0.295 e. The Hall–Kier alpha value is -2.48. The van der Waals surface area contributed by atoms with Crippen LogP contribution in [0.5, 0.6) is 0 Å². The molecule has 1 atom stereocenters. The molecule has 0 amide bonds. The summed E-state index contributed by atoms with van der Waals surface area (Å²) in [6.45, 7) is 5.33. The van der Waals surface area contributed by atoms with Crippen molar-refractivity contribution in [1.82, 2.24) is 0 Å². The van der Waals surface area contributed by atoms with Crippen LogP contribution in [0.15, 0.2) is 60.7 Å². The predicted octanol–water partition coefficient (Wildman–Crippen LogP) is 5.98. The molecule has 0 heterocycles. The first kappa shape index (κ1) is 19.8. The van der Waals surface area contributed by atoms with E-state index < -0.39 is 0 Å². The average Bonchev–Trinajstić information content (AvgIpc) is 2.65. The number of hydrogen-bond donors (Lipinski definition) is 0. The molecule has 2 nitrogen and oxygen atoms in total. The van der Waals surface area contributed by atoms with Gasteiger partial charge in [-0.05, 0) is 44.2 Å². The highest BCUT2D eigenvalue weighted by Crippen LogP contribution is 2.24. The van der Waals surface area contributed by atoms with Crippen LogP contribution in [-0.4, -0.2) is 11.6 Å². The normalized spacial score (nSPS) is 12.3. The minimum atomic E-state index is 0.0938. The number of carbonyl (C=O) groups is 2. The summed E-state index contributed by atoms with van der Waals surface area (Å²) in [6.07, 6.45) is 9.59. The summed E-state index contributed by atoms with van der Waals surface area (Å²) in [4.78, 5) is 22.8. The van der Waals surface area contributed by atoms with Crippen LogP contribution in [0.3, 0.4) is 0 Å². The first-order chi connectivity index (χ1) is 12.5. The maximum atomic E-state index is 11.5. The summed E-state index contributed by atoms with van der Waals surface area (Å²) < 4.78 is 0. The van der Waals surface area contributed by atoms with Gasteiger partial charge in [0.15, 0.2) is 11.6 Å². The Kier molecular flexibility index (Phi) is 7.53. The van der Waals surface area contributed by atoms with Crippen LogP contribution in [0.2, 0.25) is 0 Å². The fourth-order valence-electron chi connectivity index (χ4n) is 2.88. The third-order valence-corrected chi connectivity index (χ3v) is 4.54. The highest BCUT2D eigenvalue weighted by atomic mass is 16.1. The van der Waals surface area contributed by atoms with Gasteiger partial charge in [-0.1, -0.05) is 74.0 Å². The van der Waals surface area contributed by atoms with Gasteiger partial charge in [0.2, 0.25) is 0 Å². The number of rotatable bonds is 9. The van der Waals surface area contributed by atoms with Gasteiger partial charge >= 0.3 is 0 Å². The monoisotopic (exact) mass is 347 g/mol. The topological polar surface area (TPSA) is 34.1 Å². The molecule has 0 aliphatic heterocycles. The number of unbranched alkanes of at least 4 members (excludes halogenated alkanes) is 1. The van der Waals surface area contributed by atoms with E-state index in [2.05, 4.69) is 37.6 Å². The van der Waals surface area contributed by atoms with Crippen LogP contribution in [0.4, 0.5) is 0 Å². The Labute approximate surface area is 157 Å². The summed E-state index contributed by atoms with van der Waals surface area (Å²) in [6, 6.07) is 15.7. The third-order valence-electron chi connectivity index (χ3n) is 4.54. The summed E-state index contributed by atoms with van der Waals surface area (Å²) in [7, 11) is 0. The fourth-order valence-corrected chi connectivity index (χ4v) is 2.88. The van der Waals surface area contributed by atoms with Crippen molar-refractivity contribution < 1.29 is 9.59 Å². The van der Waals surface area contributed by atoms with Crippen molar-refractivity contribution in [2.75, 3.05) is 0 Å². The molecule has 0 spiro atoms. The summed E-state index contributed by atoms with van der Waals surface area (Å²) in [5, 5.41) is 0. The van der Waals surface area contributed by atoms with Crippen molar-refractivity contribution in [1.29, 1.82) is 0 Å². The molecule has 2 rings (SSSR count). The van der Waals surface area contributed by atoms with E-state index in [0.717, 1.165) is 30.4 Å². The van der Waals surface area contributed by atoms with Crippen LogP contribution in [-0.2, 0) is 6.42 Å². The Morgan fingerprint density at radius 3 is 1.92 bits per heavy atom. The van der Waals surface area contributed by atoms with Crippen molar-refractivity contribution >= 4 is 11.6 Å². The van der Waals surface area contributed by atoms with Crippen molar-refractivity contribution in [3.63, 3.8) is 0 Å². The Morgan fingerprint density at radius 2 is 1.42 bits per heavy atom. The number of hydrogen-bond acceptors (Lipinski definition) is 2. The van der Waals surface area contributed by atoms with E-state index in [9.17, 15) is 9.59 Å². The van der Waals surface area contributed by atoms with E-state index in [1.165, 1.54) is 11.1 Å². The number of benzene rings is 2. The van der Waals surface area contributed by atoms with Crippen LogP contribution in [0.1, 0.15) is 71.4 Å². The SMILES string of the molecule is CC[CH]CC(C=CCc1ccc(C(C)=O)cc1)c1ccc(C(C)=O)cc1. The molecular formula is C24H27O2. The van der Waals surface area contributed by atoms with E-state index in [0.29, 0.717) is 5.92 Å². The lowest BCUT2D eigenvalue weighted by atomic mass is 9.91. The van der Waals surface area contributed by atoms with Gasteiger partial charge in [0, 0.05) is 17.0 Å².